The molecule has 116 valence electrons. The lowest BCUT2D eigenvalue weighted by Gasteiger charge is -2.19. The van der Waals surface area contributed by atoms with E-state index >= 15 is 0 Å². The molecule has 0 radical (unpaired) electrons. The number of primary amides is 1. The van der Waals surface area contributed by atoms with Crippen LogP contribution in [-0.2, 0) is 19.6 Å². The lowest BCUT2D eigenvalue weighted by molar-refractivity contribution is -0.137. The molecule has 0 aliphatic rings. The number of nitrogens with zero attached hydrogens (tertiary/aromatic N) is 1. The third kappa shape index (κ3) is 10.1. The molecule has 0 saturated carbocycles. The lowest BCUT2D eigenvalue weighted by atomic mass is 10.4. The summed E-state index contributed by atoms with van der Waals surface area (Å²) in [6.45, 7) is -0.916. The van der Waals surface area contributed by atoms with Crippen molar-refractivity contribution in [2.24, 2.45) is 5.73 Å². The van der Waals surface area contributed by atoms with Crippen molar-refractivity contribution in [2.45, 2.75) is 6.42 Å². The first-order valence-corrected chi connectivity index (χ1v) is 7.48. The van der Waals surface area contributed by atoms with Gasteiger partial charge in [0.15, 0.2) is 0 Å². The van der Waals surface area contributed by atoms with Gasteiger partial charge in [0, 0.05) is 13.1 Å². The molecule has 5 N–H and O–H groups in total. The van der Waals surface area contributed by atoms with E-state index in [4.69, 9.17) is 10.8 Å². The van der Waals surface area contributed by atoms with Crippen LogP contribution < -0.4 is 15.8 Å². The largest absolute Gasteiger partial charge is 0.480 e. The van der Waals surface area contributed by atoms with Gasteiger partial charge in [-0.3, -0.25) is 9.59 Å². The summed E-state index contributed by atoms with van der Waals surface area (Å²) in [4.78, 5) is 33.6. The molecular weight excluding hydrogens is 292 g/mol. The Bertz CT molecular complexity index is 447. The summed E-state index contributed by atoms with van der Waals surface area (Å²) in [5.74, 6) is -2.11. The summed E-state index contributed by atoms with van der Waals surface area (Å²) in [6, 6.07) is -0.759. The monoisotopic (exact) mass is 310 g/mol. The van der Waals surface area contributed by atoms with Crippen LogP contribution in [0, 0.1) is 0 Å². The molecule has 0 saturated heterocycles. The summed E-state index contributed by atoms with van der Waals surface area (Å²) in [5.41, 5.74) is 4.90. The van der Waals surface area contributed by atoms with Gasteiger partial charge in [-0.25, -0.2) is 17.9 Å². The van der Waals surface area contributed by atoms with Crippen molar-refractivity contribution in [1.82, 2.24) is 14.9 Å². The molecule has 0 aliphatic carbocycles. The Kier molecular flexibility index (Phi) is 7.54. The van der Waals surface area contributed by atoms with E-state index in [-0.39, 0.29) is 13.1 Å². The molecule has 11 heteroatoms. The first kappa shape index (κ1) is 18.1. The van der Waals surface area contributed by atoms with Crippen LogP contribution in [0.2, 0.25) is 0 Å². The Morgan fingerprint density at radius 3 is 2.25 bits per heavy atom. The molecule has 10 nitrogen and oxygen atoms in total. The van der Waals surface area contributed by atoms with E-state index in [0.717, 1.165) is 11.2 Å². The highest BCUT2D eigenvalue weighted by Crippen LogP contribution is 1.90. The molecule has 0 spiro atoms. The van der Waals surface area contributed by atoms with Crippen LogP contribution in [-0.4, -0.2) is 68.8 Å². The van der Waals surface area contributed by atoms with Gasteiger partial charge in [-0.2, -0.15) is 0 Å². The number of carboxylic acid groups (broad SMARTS) is 1. The molecule has 0 aliphatic heterocycles. The fraction of sp³-hybridized carbons (Fsp3) is 0.667. The second-order valence-corrected chi connectivity index (χ2v) is 5.80. The maximum absolute atomic E-state index is 11.6. The van der Waals surface area contributed by atoms with Gasteiger partial charge >= 0.3 is 12.0 Å². The molecule has 0 aromatic rings. The third-order valence-electron chi connectivity index (χ3n) is 1.95. The predicted octanol–water partition coefficient (Wildman–Crippen LogP) is -2.49. The van der Waals surface area contributed by atoms with Crippen molar-refractivity contribution >= 4 is 27.9 Å². The minimum atomic E-state index is -3.28. The summed E-state index contributed by atoms with van der Waals surface area (Å²) >= 11 is 0. The van der Waals surface area contributed by atoms with E-state index in [1.807, 2.05) is 0 Å². The van der Waals surface area contributed by atoms with Crippen LogP contribution in [0.3, 0.4) is 0 Å². The Balaban J connectivity index is 4.13. The fourth-order valence-electron chi connectivity index (χ4n) is 1.20. The highest BCUT2D eigenvalue weighted by molar-refractivity contribution is 7.88. The number of carboxylic acids is 1. The lowest BCUT2D eigenvalue weighted by Crippen LogP contribution is -2.47. The van der Waals surface area contributed by atoms with E-state index < -0.39 is 41.0 Å². The second kappa shape index (κ2) is 8.32. The second-order valence-electron chi connectivity index (χ2n) is 3.97. The molecule has 0 aromatic heterocycles. The van der Waals surface area contributed by atoms with Gasteiger partial charge in [0.1, 0.15) is 13.1 Å². The van der Waals surface area contributed by atoms with Crippen molar-refractivity contribution in [1.29, 1.82) is 0 Å². The van der Waals surface area contributed by atoms with Crippen molar-refractivity contribution in [3.8, 4) is 0 Å². The van der Waals surface area contributed by atoms with Crippen LogP contribution in [0.25, 0.3) is 0 Å². The third-order valence-corrected chi connectivity index (χ3v) is 2.68. The number of hydrogen-bond acceptors (Lipinski definition) is 5. The summed E-state index contributed by atoms with van der Waals surface area (Å²) in [5, 5.41) is 11.0. The highest BCUT2D eigenvalue weighted by Gasteiger charge is 2.18. The molecule has 0 unspecified atom stereocenters. The number of carbonyl (C=O) groups is 3. The zero-order valence-electron chi connectivity index (χ0n) is 11.0. The van der Waals surface area contributed by atoms with Crippen LogP contribution >= 0.6 is 0 Å². The Labute approximate surface area is 116 Å². The normalized spacial score (nSPS) is 10.8. The van der Waals surface area contributed by atoms with Crippen molar-refractivity contribution in [2.75, 3.05) is 32.4 Å². The van der Waals surface area contributed by atoms with Gasteiger partial charge in [-0.15, -0.1) is 0 Å². The molecule has 0 aromatic carbocycles. The summed E-state index contributed by atoms with van der Waals surface area (Å²) < 4.78 is 23.7. The minimum absolute atomic E-state index is 0.121. The first-order chi connectivity index (χ1) is 9.11. The predicted molar refractivity (Wildman–Crippen MR) is 69.3 cm³/mol. The minimum Gasteiger partial charge on any atom is -0.480 e. The van der Waals surface area contributed by atoms with Crippen molar-refractivity contribution < 1.29 is 27.9 Å². The number of amides is 3. The molecule has 0 atom stereocenters. The SMILES string of the molecule is CS(=O)(=O)NCCCNC(=O)N(CC(N)=O)CC(=O)O. The van der Waals surface area contributed by atoms with Gasteiger partial charge in [0.05, 0.1) is 6.26 Å². The average Bonchev–Trinajstić information content (AvgIpc) is 2.24. The summed E-state index contributed by atoms with van der Waals surface area (Å²) in [7, 11) is -3.28. The highest BCUT2D eigenvalue weighted by atomic mass is 32.2. The molecule has 0 fully saturated rings. The van der Waals surface area contributed by atoms with E-state index in [1.54, 1.807) is 0 Å². The first-order valence-electron chi connectivity index (χ1n) is 5.59. The number of nitrogens with one attached hydrogen (secondary N) is 2. The van der Waals surface area contributed by atoms with Crippen LogP contribution in [0.4, 0.5) is 4.79 Å². The summed E-state index contributed by atoms with van der Waals surface area (Å²) in [6.07, 6.45) is 1.32. The van der Waals surface area contributed by atoms with Crippen LogP contribution in [0.1, 0.15) is 6.42 Å². The number of urea groups is 1. The van der Waals surface area contributed by atoms with Crippen molar-refractivity contribution in [3.05, 3.63) is 0 Å². The van der Waals surface area contributed by atoms with Gasteiger partial charge in [-0.05, 0) is 6.42 Å². The Morgan fingerprint density at radius 2 is 1.80 bits per heavy atom. The van der Waals surface area contributed by atoms with Gasteiger partial charge < -0.3 is 21.1 Å². The molecule has 0 heterocycles. The van der Waals surface area contributed by atoms with Crippen LogP contribution in [0.15, 0.2) is 0 Å². The van der Waals surface area contributed by atoms with E-state index in [0.29, 0.717) is 6.42 Å². The number of carbonyl (C=O) groups excluding carboxylic acids is 2. The van der Waals surface area contributed by atoms with E-state index in [9.17, 15) is 22.8 Å². The Morgan fingerprint density at radius 1 is 1.20 bits per heavy atom. The number of nitrogens with two attached hydrogens (primary N) is 1. The van der Waals surface area contributed by atoms with E-state index in [2.05, 4.69) is 10.0 Å². The fourth-order valence-corrected chi connectivity index (χ4v) is 1.72. The number of aliphatic carboxylic acids is 1. The maximum atomic E-state index is 11.6. The van der Waals surface area contributed by atoms with E-state index in [1.165, 1.54) is 0 Å². The average molecular weight is 310 g/mol. The smallest absolute Gasteiger partial charge is 0.323 e. The molecule has 0 bridgehead atoms. The molecule has 0 rings (SSSR count). The standard InChI is InChI=1S/C9H18N4O6S/c1-20(18,19)12-4-2-3-11-9(17)13(5-7(10)14)6-8(15)16/h12H,2-6H2,1H3,(H2,10,14)(H,11,17)(H,15,16). The number of hydrogen-bond donors (Lipinski definition) is 4. The van der Waals surface area contributed by atoms with Crippen LogP contribution in [0.5, 0.6) is 0 Å². The maximum Gasteiger partial charge on any atom is 0.323 e. The number of rotatable bonds is 9. The topological polar surface area (TPSA) is 159 Å². The number of sulfonamides is 1. The Hall–Kier alpha value is -1.88. The molecular formula is C9H18N4O6S. The zero-order chi connectivity index (χ0) is 15.8. The van der Waals surface area contributed by atoms with Crippen molar-refractivity contribution in [3.63, 3.8) is 0 Å². The molecule has 20 heavy (non-hydrogen) atoms. The zero-order valence-corrected chi connectivity index (χ0v) is 11.8. The molecule has 3 amide bonds. The van der Waals surface area contributed by atoms with Gasteiger partial charge in [0.25, 0.3) is 0 Å². The quantitative estimate of drug-likeness (QED) is 0.345. The van der Waals surface area contributed by atoms with Gasteiger partial charge in [0.2, 0.25) is 15.9 Å². The van der Waals surface area contributed by atoms with Gasteiger partial charge in [-0.1, -0.05) is 0 Å².